The molecule has 7 nitrogen and oxygen atoms in total. The van der Waals surface area contributed by atoms with Gasteiger partial charge in [-0.1, -0.05) is 23.9 Å². The van der Waals surface area contributed by atoms with Gasteiger partial charge in [0.15, 0.2) is 16.8 Å². The third kappa shape index (κ3) is 4.09. The van der Waals surface area contributed by atoms with Crippen molar-refractivity contribution in [1.29, 1.82) is 0 Å². The summed E-state index contributed by atoms with van der Waals surface area (Å²) in [5.41, 5.74) is 2.26. The van der Waals surface area contributed by atoms with Gasteiger partial charge in [-0.05, 0) is 38.5 Å². The predicted octanol–water partition coefficient (Wildman–Crippen LogP) is 3.72. The van der Waals surface area contributed by atoms with Crippen molar-refractivity contribution >= 4 is 23.5 Å². The number of halogens is 1. The Kier molecular flexibility index (Phi) is 6.17. The number of aryl methyl sites for hydroxylation is 1. The van der Waals surface area contributed by atoms with E-state index in [1.165, 1.54) is 17.8 Å². The van der Waals surface area contributed by atoms with Crippen LogP contribution in [0.5, 0.6) is 0 Å². The van der Waals surface area contributed by atoms with Crippen LogP contribution in [0.2, 0.25) is 0 Å². The number of thioether (sulfide) groups is 1. The number of Topliss-reactive ketones (excluding diaryl/α,β-unsaturated/α-hetero) is 1. The summed E-state index contributed by atoms with van der Waals surface area (Å²) in [4.78, 5) is 27.8. The number of carbonyl (C=O) groups excluding carboxylic acids is 2. The lowest BCUT2D eigenvalue weighted by Gasteiger charge is -2.05. The number of rotatable bonds is 7. The van der Waals surface area contributed by atoms with Crippen molar-refractivity contribution in [3.05, 3.63) is 52.6 Å². The third-order valence-electron chi connectivity index (χ3n) is 4.48. The number of aromatic nitrogens is 4. The highest BCUT2D eigenvalue weighted by Crippen LogP contribution is 2.26. The molecule has 3 rings (SSSR count). The molecule has 152 valence electrons. The van der Waals surface area contributed by atoms with Crippen molar-refractivity contribution in [3.63, 3.8) is 0 Å². The van der Waals surface area contributed by atoms with E-state index in [1.54, 1.807) is 50.6 Å². The van der Waals surface area contributed by atoms with E-state index in [4.69, 9.17) is 4.74 Å². The summed E-state index contributed by atoms with van der Waals surface area (Å²) in [6, 6.07) is 6.31. The number of ketones is 1. The Labute approximate surface area is 171 Å². The largest absolute Gasteiger partial charge is 0.462 e. The molecule has 9 heteroatoms. The molecule has 2 heterocycles. The summed E-state index contributed by atoms with van der Waals surface area (Å²) in [5, 5.41) is 8.61. The topological polar surface area (TPSA) is 89.9 Å². The molecule has 0 radical (unpaired) electrons. The number of benzene rings is 1. The van der Waals surface area contributed by atoms with Gasteiger partial charge in [0.2, 0.25) is 0 Å². The fourth-order valence-electron chi connectivity index (χ4n) is 3.06. The van der Waals surface area contributed by atoms with Gasteiger partial charge in [0.1, 0.15) is 5.82 Å². The lowest BCUT2D eigenvalue weighted by Crippen LogP contribution is -2.09. The number of aromatic amines is 1. The Bertz CT molecular complexity index is 1070. The zero-order chi connectivity index (χ0) is 21.1. The first-order valence-electron chi connectivity index (χ1n) is 9.01. The van der Waals surface area contributed by atoms with Crippen molar-refractivity contribution in [3.8, 4) is 11.4 Å². The van der Waals surface area contributed by atoms with Gasteiger partial charge in [-0.2, -0.15) is 0 Å². The minimum atomic E-state index is -0.451. The van der Waals surface area contributed by atoms with E-state index in [-0.39, 0.29) is 24.0 Å². The fraction of sp³-hybridized carbons (Fsp3) is 0.300. The van der Waals surface area contributed by atoms with Gasteiger partial charge in [0, 0.05) is 12.7 Å². The summed E-state index contributed by atoms with van der Waals surface area (Å²) in [6.45, 7) is 5.44. The number of esters is 1. The molecule has 0 atom stereocenters. The fourth-order valence-corrected chi connectivity index (χ4v) is 3.84. The smallest absolute Gasteiger partial charge is 0.340 e. The standard InChI is InChI=1S/C20H21FN4O3S/c1-5-28-19(27)16-11(2)17(22-12(16)3)15(26)10-29-20-24-23-18(25(20)4)13-8-6-7-9-14(13)21/h6-9,22H,5,10H2,1-4H3. The monoisotopic (exact) mass is 416 g/mol. The second-order valence-electron chi connectivity index (χ2n) is 6.40. The molecule has 1 aromatic carbocycles. The Morgan fingerprint density at radius 1 is 1.24 bits per heavy atom. The number of nitrogens with one attached hydrogen (secondary N) is 1. The van der Waals surface area contributed by atoms with Gasteiger partial charge >= 0.3 is 5.97 Å². The normalized spacial score (nSPS) is 10.9. The van der Waals surface area contributed by atoms with Crippen LogP contribution >= 0.6 is 11.8 Å². The van der Waals surface area contributed by atoms with Crippen molar-refractivity contribution in [1.82, 2.24) is 19.7 Å². The first kappa shape index (κ1) is 20.8. The lowest BCUT2D eigenvalue weighted by atomic mass is 10.1. The molecular formula is C20H21FN4O3S. The summed E-state index contributed by atoms with van der Waals surface area (Å²) in [6.07, 6.45) is 0. The van der Waals surface area contributed by atoms with Crippen LogP contribution < -0.4 is 0 Å². The molecule has 0 bridgehead atoms. The molecule has 0 aliphatic heterocycles. The molecule has 0 saturated carbocycles. The Morgan fingerprint density at radius 3 is 2.66 bits per heavy atom. The molecule has 2 aromatic heterocycles. The van der Waals surface area contributed by atoms with Gasteiger partial charge in [-0.3, -0.25) is 4.79 Å². The van der Waals surface area contributed by atoms with E-state index >= 15 is 0 Å². The van der Waals surface area contributed by atoms with Crippen LogP contribution in [0.4, 0.5) is 4.39 Å². The van der Waals surface area contributed by atoms with Crippen LogP contribution in [0.3, 0.4) is 0 Å². The van der Waals surface area contributed by atoms with Gasteiger partial charge in [0.05, 0.1) is 29.2 Å². The number of hydrogen-bond donors (Lipinski definition) is 1. The quantitative estimate of drug-likeness (QED) is 0.359. The maximum atomic E-state index is 14.0. The molecule has 1 N–H and O–H groups in total. The summed E-state index contributed by atoms with van der Waals surface area (Å²) in [7, 11) is 1.72. The highest BCUT2D eigenvalue weighted by atomic mass is 32.2. The van der Waals surface area contributed by atoms with Crippen LogP contribution in [0.1, 0.15) is 39.0 Å². The lowest BCUT2D eigenvalue weighted by molar-refractivity contribution is 0.0525. The second-order valence-corrected chi connectivity index (χ2v) is 7.34. The van der Waals surface area contributed by atoms with Gasteiger partial charge < -0.3 is 14.3 Å². The first-order chi connectivity index (χ1) is 13.8. The van der Waals surface area contributed by atoms with E-state index in [0.29, 0.717) is 39.1 Å². The minimum absolute atomic E-state index is 0.0896. The van der Waals surface area contributed by atoms with E-state index < -0.39 is 5.97 Å². The van der Waals surface area contributed by atoms with Gasteiger partial charge in [-0.15, -0.1) is 10.2 Å². The Hall–Kier alpha value is -2.94. The minimum Gasteiger partial charge on any atom is -0.462 e. The van der Waals surface area contributed by atoms with Crippen LogP contribution in [0.15, 0.2) is 29.4 Å². The van der Waals surface area contributed by atoms with Crippen LogP contribution in [0.25, 0.3) is 11.4 Å². The number of nitrogens with zero attached hydrogens (tertiary/aromatic N) is 3. The van der Waals surface area contributed by atoms with Crippen LogP contribution in [-0.4, -0.2) is 43.9 Å². The molecule has 0 amide bonds. The van der Waals surface area contributed by atoms with Crippen molar-refractivity contribution < 1.29 is 18.7 Å². The van der Waals surface area contributed by atoms with Crippen LogP contribution in [-0.2, 0) is 11.8 Å². The third-order valence-corrected chi connectivity index (χ3v) is 5.50. The molecule has 3 aromatic rings. The SMILES string of the molecule is CCOC(=O)c1c(C)[nH]c(C(=O)CSc2nnc(-c3ccccc3F)n2C)c1C. The molecule has 0 spiro atoms. The van der Waals surface area contributed by atoms with Gasteiger partial charge in [0.25, 0.3) is 0 Å². The Balaban J connectivity index is 1.76. The zero-order valence-corrected chi connectivity index (χ0v) is 17.4. The summed E-state index contributed by atoms with van der Waals surface area (Å²) < 4.78 is 20.7. The zero-order valence-electron chi connectivity index (χ0n) is 16.6. The van der Waals surface area contributed by atoms with E-state index in [0.717, 1.165) is 0 Å². The van der Waals surface area contributed by atoms with Crippen molar-refractivity contribution in [2.75, 3.05) is 12.4 Å². The second kappa shape index (κ2) is 8.60. The molecule has 0 fully saturated rings. The maximum absolute atomic E-state index is 14.0. The maximum Gasteiger partial charge on any atom is 0.340 e. The molecule has 0 aliphatic carbocycles. The molecule has 0 unspecified atom stereocenters. The highest BCUT2D eigenvalue weighted by Gasteiger charge is 2.23. The molecule has 0 saturated heterocycles. The molecular weight excluding hydrogens is 395 g/mol. The average Bonchev–Trinajstić information content (AvgIpc) is 3.19. The number of ether oxygens (including phenoxy) is 1. The van der Waals surface area contributed by atoms with E-state index in [2.05, 4.69) is 15.2 Å². The number of carbonyl (C=O) groups is 2. The Morgan fingerprint density at radius 2 is 1.97 bits per heavy atom. The van der Waals surface area contributed by atoms with Crippen molar-refractivity contribution in [2.45, 2.75) is 25.9 Å². The highest BCUT2D eigenvalue weighted by molar-refractivity contribution is 7.99. The number of hydrogen-bond acceptors (Lipinski definition) is 6. The predicted molar refractivity (Wildman–Crippen MR) is 108 cm³/mol. The molecule has 29 heavy (non-hydrogen) atoms. The summed E-state index contributed by atoms with van der Waals surface area (Å²) in [5.74, 6) is -0.546. The first-order valence-corrected chi connectivity index (χ1v) is 10.00. The molecule has 0 aliphatic rings. The average molecular weight is 416 g/mol. The van der Waals surface area contributed by atoms with Crippen molar-refractivity contribution in [2.24, 2.45) is 7.05 Å². The van der Waals surface area contributed by atoms with Crippen LogP contribution in [0, 0.1) is 19.7 Å². The van der Waals surface area contributed by atoms with E-state index in [9.17, 15) is 14.0 Å². The van der Waals surface area contributed by atoms with E-state index in [1.807, 2.05) is 0 Å². The van der Waals surface area contributed by atoms with Gasteiger partial charge in [-0.25, -0.2) is 9.18 Å². The summed E-state index contributed by atoms with van der Waals surface area (Å²) >= 11 is 1.20. The number of H-pyrrole nitrogens is 1.